The molecule has 14 heavy (non-hydrogen) atoms. The second-order valence-corrected chi connectivity index (χ2v) is 3.43. The molecule has 0 atom stereocenters. The number of halogens is 1. The van der Waals surface area contributed by atoms with E-state index >= 15 is 0 Å². The number of rotatable bonds is 4. The maximum Gasteiger partial charge on any atom is 0.355 e. The third-order valence-electron chi connectivity index (χ3n) is 1.39. The minimum Gasteiger partial charge on any atom is -0.265 e. The number of aromatic nitrogens is 1. The Hall–Kier alpha value is -1.10. The smallest absolute Gasteiger partial charge is 0.265 e. The van der Waals surface area contributed by atoms with E-state index in [4.69, 9.17) is 4.89 Å². The van der Waals surface area contributed by atoms with Gasteiger partial charge in [-0.1, -0.05) is 6.92 Å². The molecule has 5 heteroatoms. The fraction of sp³-hybridized carbons (Fsp3) is 0.333. The van der Waals surface area contributed by atoms with Crippen molar-refractivity contribution in [2.75, 3.05) is 0 Å². The molecule has 1 heterocycles. The summed E-state index contributed by atoms with van der Waals surface area (Å²) >= 11 is 3.21. The molecule has 1 rings (SSSR count). The number of pyridine rings is 1. The molecule has 0 radical (unpaired) electrons. The summed E-state index contributed by atoms with van der Waals surface area (Å²) in [5.41, 5.74) is 0. The van der Waals surface area contributed by atoms with Gasteiger partial charge in [0.2, 0.25) is 0 Å². The van der Waals surface area contributed by atoms with Gasteiger partial charge in [-0.2, -0.15) is 0 Å². The first-order chi connectivity index (χ1) is 6.74. The van der Waals surface area contributed by atoms with Crippen molar-refractivity contribution in [1.29, 1.82) is 0 Å². The van der Waals surface area contributed by atoms with Crippen LogP contribution < -0.4 is 4.89 Å². The van der Waals surface area contributed by atoms with Crippen molar-refractivity contribution < 1.29 is 14.6 Å². The van der Waals surface area contributed by atoms with Gasteiger partial charge in [0.05, 0.1) is 4.47 Å². The van der Waals surface area contributed by atoms with Crippen molar-refractivity contribution in [3.63, 3.8) is 0 Å². The van der Waals surface area contributed by atoms with Crippen LogP contribution in [-0.4, -0.2) is 11.0 Å². The first kappa shape index (κ1) is 11.0. The zero-order valence-electron chi connectivity index (χ0n) is 7.70. The van der Waals surface area contributed by atoms with E-state index in [1.165, 1.54) is 0 Å². The van der Waals surface area contributed by atoms with Gasteiger partial charge in [-0.3, -0.25) is 4.89 Å². The zero-order chi connectivity index (χ0) is 10.4. The number of nitrogens with zero attached hydrogens (tertiary/aromatic N) is 1. The number of carbonyl (C=O) groups excluding carboxylic acids is 1. The van der Waals surface area contributed by atoms with Crippen molar-refractivity contribution in [3.05, 3.63) is 22.8 Å². The van der Waals surface area contributed by atoms with E-state index in [0.717, 1.165) is 6.42 Å². The monoisotopic (exact) mass is 259 g/mol. The number of hydrogen-bond donors (Lipinski definition) is 0. The average molecular weight is 260 g/mol. The maximum atomic E-state index is 10.9. The van der Waals surface area contributed by atoms with E-state index in [1.807, 2.05) is 6.92 Å². The van der Waals surface area contributed by atoms with Crippen molar-refractivity contribution in [1.82, 2.24) is 4.98 Å². The van der Waals surface area contributed by atoms with E-state index in [9.17, 15) is 4.79 Å². The summed E-state index contributed by atoms with van der Waals surface area (Å²) in [4.78, 5) is 24.1. The Labute approximate surface area is 90.3 Å². The summed E-state index contributed by atoms with van der Waals surface area (Å²) in [5, 5.41) is 0. The molecular formula is C9H10BrNO3. The van der Waals surface area contributed by atoms with E-state index in [-0.39, 0.29) is 5.88 Å². The Morgan fingerprint density at radius 3 is 3.07 bits per heavy atom. The van der Waals surface area contributed by atoms with Crippen LogP contribution >= 0.6 is 15.9 Å². The first-order valence-electron chi connectivity index (χ1n) is 4.22. The van der Waals surface area contributed by atoms with Crippen LogP contribution in [0.15, 0.2) is 22.8 Å². The molecule has 0 saturated carbocycles. The van der Waals surface area contributed by atoms with Crippen LogP contribution in [0.3, 0.4) is 0 Å². The van der Waals surface area contributed by atoms with Gasteiger partial charge in [-0.05, 0) is 34.5 Å². The Morgan fingerprint density at radius 1 is 1.64 bits per heavy atom. The topological polar surface area (TPSA) is 48.4 Å². The Bertz CT molecular complexity index is 317. The lowest BCUT2D eigenvalue weighted by Gasteiger charge is -2.03. The van der Waals surface area contributed by atoms with Crippen LogP contribution in [0.5, 0.6) is 5.88 Å². The van der Waals surface area contributed by atoms with E-state index in [0.29, 0.717) is 10.9 Å². The molecule has 76 valence electrons. The fourth-order valence-corrected chi connectivity index (χ4v) is 1.09. The standard InChI is InChI=1S/C9H10BrNO3/c1-2-4-8(12)13-14-9-7(10)5-3-6-11-9/h3,5-6H,2,4H2,1H3. The van der Waals surface area contributed by atoms with Crippen molar-refractivity contribution >= 4 is 21.9 Å². The maximum absolute atomic E-state index is 10.9. The number of hydrogen-bond acceptors (Lipinski definition) is 4. The molecule has 0 N–H and O–H groups in total. The fourth-order valence-electron chi connectivity index (χ4n) is 0.764. The highest BCUT2D eigenvalue weighted by atomic mass is 79.9. The number of carbonyl (C=O) groups is 1. The van der Waals surface area contributed by atoms with E-state index < -0.39 is 5.97 Å². The molecule has 0 spiro atoms. The molecule has 0 unspecified atom stereocenters. The second kappa shape index (κ2) is 5.59. The molecule has 0 saturated heterocycles. The van der Waals surface area contributed by atoms with Gasteiger partial charge in [0.25, 0.3) is 5.88 Å². The molecule has 0 amide bonds. The summed E-state index contributed by atoms with van der Waals surface area (Å²) in [6.45, 7) is 1.89. The lowest BCUT2D eigenvalue weighted by molar-refractivity contribution is -0.215. The molecule has 1 aromatic rings. The van der Waals surface area contributed by atoms with Gasteiger partial charge in [-0.25, -0.2) is 14.7 Å². The minimum absolute atomic E-state index is 0.247. The predicted octanol–water partition coefficient (Wildman–Crippen LogP) is 2.48. The normalized spacial score (nSPS) is 9.57. The molecule has 0 aliphatic heterocycles. The van der Waals surface area contributed by atoms with Crippen molar-refractivity contribution in [2.24, 2.45) is 0 Å². The summed E-state index contributed by atoms with van der Waals surface area (Å²) in [7, 11) is 0. The van der Waals surface area contributed by atoms with Gasteiger partial charge in [0.15, 0.2) is 0 Å². The van der Waals surface area contributed by atoms with Crippen LogP contribution in [-0.2, 0) is 9.68 Å². The van der Waals surface area contributed by atoms with Crippen LogP contribution in [0.1, 0.15) is 19.8 Å². The average Bonchev–Trinajstić information content (AvgIpc) is 2.17. The summed E-state index contributed by atoms with van der Waals surface area (Å²) in [5.74, 6) is -0.151. The van der Waals surface area contributed by atoms with Gasteiger partial charge < -0.3 is 0 Å². The van der Waals surface area contributed by atoms with Gasteiger partial charge in [0.1, 0.15) is 0 Å². The van der Waals surface area contributed by atoms with Gasteiger partial charge >= 0.3 is 5.97 Å². The summed E-state index contributed by atoms with van der Waals surface area (Å²) in [6, 6.07) is 3.49. The lowest BCUT2D eigenvalue weighted by atomic mass is 10.3. The summed E-state index contributed by atoms with van der Waals surface area (Å²) in [6.07, 6.45) is 2.61. The molecule has 1 aromatic heterocycles. The highest BCUT2D eigenvalue weighted by Crippen LogP contribution is 2.20. The Balaban J connectivity index is 2.46. The quantitative estimate of drug-likeness (QED) is 0.616. The third kappa shape index (κ3) is 3.33. The predicted molar refractivity (Wildman–Crippen MR) is 53.6 cm³/mol. The minimum atomic E-state index is -0.398. The highest BCUT2D eigenvalue weighted by molar-refractivity contribution is 9.10. The highest BCUT2D eigenvalue weighted by Gasteiger charge is 2.06. The molecule has 0 aliphatic carbocycles. The first-order valence-corrected chi connectivity index (χ1v) is 5.01. The Kier molecular flexibility index (Phi) is 4.39. The molecule has 0 bridgehead atoms. The van der Waals surface area contributed by atoms with Crippen LogP contribution in [0, 0.1) is 0 Å². The van der Waals surface area contributed by atoms with Crippen LogP contribution in [0.4, 0.5) is 0 Å². The SMILES string of the molecule is CCCC(=O)OOc1ncccc1Br. The molecular weight excluding hydrogens is 250 g/mol. The summed E-state index contributed by atoms with van der Waals surface area (Å²) < 4.78 is 0.643. The van der Waals surface area contributed by atoms with Crippen LogP contribution in [0.25, 0.3) is 0 Å². The molecule has 4 nitrogen and oxygen atoms in total. The lowest BCUT2D eigenvalue weighted by Crippen LogP contribution is -2.08. The molecule has 0 aliphatic rings. The molecule has 0 aromatic carbocycles. The van der Waals surface area contributed by atoms with E-state index in [2.05, 4.69) is 25.8 Å². The van der Waals surface area contributed by atoms with E-state index in [1.54, 1.807) is 18.3 Å². The third-order valence-corrected chi connectivity index (χ3v) is 2.00. The van der Waals surface area contributed by atoms with Crippen LogP contribution in [0.2, 0.25) is 0 Å². The second-order valence-electron chi connectivity index (χ2n) is 2.58. The Morgan fingerprint density at radius 2 is 2.43 bits per heavy atom. The largest absolute Gasteiger partial charge is 0.355 e. The van der Waals surface area contributed by atoms with Crippen molar-refractivity contribution in [2.45, 2.75) is 19.8 Å². The van der Waals surface area contributed by atoms with Gasteiger partial charge in [-0.15, -0.1) is 0 Å². The van der Waals surface area contributed by atoms with Crippen molar-refractivity contribution in [3.8, 4) is 5.88 Å². The zero-order valence-corrected chi connectivity index (χ0v) is 9.28. The molecule has 0 fully saturated rings. The van der Waals surface area contributed by atoms with Gasteiger partial charge in [0, 0.05) is 12.6 Å².